The summed E-state index contributed by atoms with van der Waals surface area (Å²) in [7, 11) is 0. The molecule has 1 fully saturated rings. The number of carbonyl (C=O) groups is 3. The molecule has 12 nitrogen and oxygen atoms in total. The van der Waals surface area contributed by atoms with Gasteiger partial charge in [-0.3, -0.25) is 29.6 Å². The maximum atomic E-state index is 12.6. The first-order valence-corrected chi connectivity index (χ1v) is 11.1. The predicted octanol–water partition coefficient (Wildman–Crippen LogP) is 2.25. The van der Waals surface area contributed by atoms with Gasteiger partial charge in [0.05, 0.1) is 14.2 Å². The molecule has 0 saturated carbocycles. The predicted molar refractivity (Wildman–Crippen MR) is 114 cm³/mol. The van der Waals surface area contributed by atoms with Crippen molar-refractivity contribution in [3.8, 4) is 0 Å². The van der Waals surface area contributed by atoms with Gasteiger partial charge in [0.25, 0.3) is 0 Å². The van der Waals surface area contributed by atoms with Gasteiger partial charge in [0.2, 0.25) is 0 Å². The molecule has 0 unspecified atom stereocenters. The van der Waals surface area contributed by atoms with Gasteiger partial charge >= 0.3 is 29.8 Å². The summed E-state index contributed by atoms with van der Waals surface area (Å²) in [5, 5.41) is 8.97. The van der Waals surface area contributed by atoms with Crippen molar-refractivity contribution in [1.82, 2.24) is 9.55 Å². The molecule has 2 N–H and O–H groups in total. The van der Waals surface area contributed by atoms with Crippen molar-refractivity contribution in [2.45, 2.75) is 83.1 Å². The lowest BCUT2D eigenvalue weighted by molar-refractivity contribution is -0.174. The third-order valence-electron chi connectivity index (χ3n) is 4.79. The van der Waals surface area contributed by atoms with Crippen LogP contribution in [0.15, 0.2) is 17.1 Å². The second-order valence-corrected chi connectivity index (χ2v) is 7.73. The van der Waals surface area contributed by atoms with Gasteiger partial charge in [-0.05, 0) is 18.9 Å². The SMILES string of the molecule is [2H][C@@]1(n2ccc(NO)nc2=O)O[C@H](COC(=O)CCC)[C@@H](OC(=O)CCC)[C@H]1OC(=O)CCC(F)(F)F. The first kappa shape index (κ1) is 27.4. The molecule has 1 aliphatic rings. The van der Waals surface area contributed by atoms with Crippen LogP contribution in [-0.2, 0) is 33.3 Å². The van der Waals surface area contributed by atoms with Gasteiger partial charge in [-0.1, -0.05) is 13.8 Å². The summed E-state index contributed by atoms with van der Waals surface area (Å²) in [6, 6.07) is 1.05. The molecule has 0 bridgehead atoms. The second kappa shape index (κ2) is 13.2. The fraction of sp³-hybridized carbons (Fsp3) is 0.667. The van der Waals surface area contributed by atoms with E-state index < -0.39 is 73.7 Å². The lowest BCUT2D eigenvalue weighted by Crippen LogP contribution is -2.42. The standard InChI is InChI=1S/C21H28F3N3O9/c1-3-5-14(28)33-11-12-17(35-15(29)6-4-2)18(36-16(30)7-9-21(22,23)24)19(34-12)27-10-8-13(26-32)25-20(27)31/h8,10,12,17-19,32H,3-7,9,11H2,1-2H3,(H,25,26,31)/t12-,17-,18-,19-/m1/s1/i19D. The van der Waals surface area contributed by atoms with Crippen LogP contribution in [0, 0.1) is 0 Å². The minimum atomic E-state index is -4.68. The maximum absolute atomic E-state index is 12.6. The van der Waals surface area contributed by atoms with Gasteiger partial charge in [0.15, 0.2) is 24.2 Å². The number of hydrogen-bond donors (Lipinski definition) is 2. The number of carbonyl (C=O) groups excluding carboxylic acids is 3. The Bertz CT molecular complexity index is 1020. The van der Waals surface area contributed by atoms with Gasteiger partial charge in [0, 0.05) is 19.0 Å². The third-order valence-corrected chi connectivity index (χ3v) is 4.79. The van der Waals surface area contributed by atoms with Crippen LogP contribution in [0.25, 0.3) is 0 Å². The second-order valence-electron chi connectivity index (χ2n) is 7.73. The number of nitrogens with zero attached hydrogens (tertiary/aromatic N) is 2. The molecule has 1 aromatic rings. The highest BCUT2D eigenvalue weighted by Crippen LogP contribution is 2.34. The molecule has 202 valence electrons. The Kier molecular flexibility index (Phi) is 10.0. The van der Waals surface area contributed by atoms with Crippen molar-refractivity contribution in [3.05, 3.63) is 22.7 Å². The molecule has 0 aliphatic carbocycles. The summed E-state index contributed by atoms with van der Waals surface area (Å²) < 4.78 is 68.5. The van der Waals surface area contributed by atoms with Crippen LogP contribution in [-0.4, -0.2) is 63.8 Å². The highest BCUT2D eigenvalue weighted by molar-refractivity contribution is 5.71. The first-order valence-electron chi connectivity index (χ1n) is 11.6. The summed E-state index contributed by atoms with van der Waals surface area (Å²) in [6.07, 6.45) is -13.4. The summed E-state index contributed by atoms with van der Waals surface area (Å²) in [5.41, 5.74) is 0.442. The van der Waals surface area contributed by atoms with E-state index in [1.165, 1.54) is 0 Å². The van der Waals surface area contributed by atoms with Crippen LogP contribution >= 0.6 is 0 Å². The lowest BCUT2D eigenvalue weighted by atomic mass is 10.1. The largest absolute Gasteiger partial charge is 0.463 e. The molecule has 0 aromatic carbocycles. The zero-order chi connectivity index (χ0) is 27.8. The Morgan fingerprint density at radius 1 is 1.14 bits per heavy atom. The van der Waals surface area contributed by atoms with E-state index in [9.17, 15) is 32.3 Å². The van der Waals surface area contributed by atoms with E-state index in [4.69, 9.17) is 25.5 Å². The fourth-order valence-electron chi connectivity index (χ4n) is 3.15. The van der Waals surface area contributed by atoms with Crippen LogP contribution in [0.2, 0.25) is 0 Å². The van der Waals surface area contributed by atoms with Crippen LogP contribution in [0.1, 0.15) is 59.9 Å². The van der Waals surface area contributed by atoms with Gasteiger partial charge in [0.1, 0.15) is 12.7 Å². The smallest absolute Gasteiger partial charge is 0.389 e. The highest BCUT2D eigenvalue weighted by atomic mass is 19.4. The molecule has 0 radical (unpaired) electrons. The van der Waals surface area contributed by atoms with Crippen LogP contribution in [0.4, 0.5) is 19.0 Å². The number of nitrogens with one attached hydrogen (secondary N) is 1. The number of anilines is 1. The average Bonchev–Trinajstić information content (AvgIpc) is 3.07. The Balaban J connectivity index is 2.49. The molecule has 0 spiro atoms. The van der Waals surface area contributed by atoms with Crippen LogP contribution in [0.3, 0.4) is 0 Å². The Morgan fingerprint density at radius 3 is 2.33 bits per heavy atom. The quantitative estimate of drug-likeness (QED) is 0.235. The molecular formula is C21H28F3N3O9. The van der Waals surface area contributed by atoms with Crippen molar-refractivity contribution < 1.29 is 53.1 Å². The number of ether oxygens (including phenoxy) is 4. The van der Waals surface area contributed by atoms with Crippen molar-refractivity contribution in [2.75, 3.05) is 12.1 Å². The summed E-state index contributed by atoms with van der Waals surface area (Å²) in [5.74, 6) is -3.18. The Morgan fingerprint density at radius 2 is 1.75 bits per heavy atom. The van der Waals surface area contributed by atoms with Gasteiger partial charge in [-0.2, -0.15) is 18.2 Å². The zero-order valence-corrected chi connectivity index (χ0v) is 19.6. The van der Waals surface area contributed by atoms with E-state index in [0.717, 1.165) is 12.3 Å². The minimum absolute atomic E-state index is 0.0356. The molecule has 2 heterocycles. The van der Waals surface area contributed by atoms with Crippen molar-refractivity contribution in [2.24, 2.45) is 0 Å². The summed E-state index contributed by atoms with van der Waals surface area (Å²) in [4.78, 5) is 52.6. The number of aromatic nitrogens is 2. The summed E-state index contributed by atoms with van der Waals surface area (Å²) >= 11 is 0. The van der Waals surface area contributed by atoms with E-state index in [-0.39, 0.29) is 18.7 Å². The molecule has 0 amide bonds. The van der Waals surface area contributed by atoms with Crippen LogP contribution in [0.5, 0.6) is 0 Å². The monoisotopic (exact) mass is 524 g/mol. The van der Waals surface area contributed by atoms with E-state index >= 15 is 0 Å². The highest BCUT2D eigenvalue weighted by Gasteiger charge is 2.51. The molecule has 1 saturated heterocycles. The molecule has 4 atom stereocenters. The minimum Gasteiger partial charge on any atom is -0.463 e. The van der Waals surface area contributed by atoms with E-state index in [1.807, 2.05) is 0 Å². The average molecular weight is 524 g/mol. The summed E-state index contributed by atoms with van der Waals surface area (Å²) in [6.45, 7) is 2.80. The van der Waals surface area contributed by atoms with Crippen molar-refractivity contribution in [1.29, 1.82) is 0 Å². The molecule has 36 heavy (non-hydrogen) atoms. The number of esters is 3. The molecule has 2 rings (SSSR count). The van der Waals surface area contributed by atoms with E-state index in [1.54, 1.807) is 19.3 Å². The van der Waals surface area contributed by atoms with Crippen molar-refractivity contribution in [3.63, 3.8) is 0 Å². The first-order chi connectivity index (χ1) is 17.3. The normalized spacial score (nSPS) is 24.1. The van der Waals surface area contributed by atoms with Gasteiger partial charge in [-0.15, -0.1) is 0 Å². The number of alkyl halides is 3. The molecule has 1 aromatic heterocycles. The molecule has 1 aliphatic heterocycles. The van der Waals surface area contributed by atoms with Crippen LogP contribution < -0.4 is 11.2 Å². The van der Waals surface area contributed by atoms with E-state index in [0.29, 0.717) is 17.4 Å². The zero-order valence-electron chi connectivity index (χ0n) is 20.6. The molecular weight excluding hydrogens is 495 g/mol. The maximum Gasteiger partial charge on any atom is 0.389 e. The topological polar surface area (TPSA) is 155 Å². The third kappa shape index (κ3) is 8.48. The fourth-order valence-corrected chi connectivity index (χ4v) is 3.15. The van der Waals surface area contributed by atoms with Gasteiger partial charge in [-0.25, -0.2) is 4.79 Å². The Hall–Kier alpha value is -3.20. The van der Waals surface area contributed by atoms with Crippen molar-refractivity contribution >= 4 is 23.7 Å². The molecule has 15 heteroatoms. The van der Waals surface area contributed by atoms with Gasteiger partial charge < -0.3 is 18.9 Å². The number of rotatable bonds is 12. The number of halogens is 3. The number of hydrogen-bond acceptors (Lipinski definition) is 11. The van der Waals surface area contributed by atoms with E-state index in [2.05, 4.69) is 4.98 Å². The Labute approximate surface area is 205 Å². The lowest BCUT2D eigenvalue weighted by Gasteiger charge is -2.25.